The summed E-state index contributed by atoms with van der Waals surface area (Å²) in [6.45, 7) is 9.01. The summed E-state index contributed by atoms with van der Waals surface area (Å²) >= 11 is 1.87. The van der Waals surface area contributed by atoms with Gasteiger partial charge in [0, 0.05) is 36.6 Å². The maximum atomic E-state index is 6.38. The van der Waals surface area contributed by atoms with E-state index in [0.717, 1.165) is 13.1 Å². The van der Waals surface area contributed by atoms with E-state index in [1.807, 2.05) is 11.3 Å². The number of hydrogen-bond acceptors (Lipinski definition) is 4. The van der Waals surface area contributed by atoms with Gasteiger partial charge in [0.1, 0.15) is 0 Å². The molecule has 2 aliphatic rings. The van der Waals surface area contributed by atoms with Crippen molar-refractivity contribution in [3.63, 3.8) is 0 Å². The zero-order valence-corrected chi connectivity index (χ0v) is 14.2. The number of fused-ring (bicyclic) bond motifs is 1. The lowest BCUT2D eigenvalue weighted by atomic mass is 9.82. The van der Waals surface area contributed by atoms with Crippen molar-refractivity contribution in [1.29, 1.82) is 0 Å². The fourth-order valence-electron chi connectivity index (χ4n) is 4.49. The molecule has 4 heteroatoms. The molecule has 3 rings (SSSR count). The molecule has 2 N–H and O–H groups in total. The van der Waals surface area contributed by atoms with Crippen molar-refractivity contribution in [2.75, 3.05) is 19.6 Å². The molecule has 2 aliphatic heterocycles. The molecule has 0 spiro atoms. The van der Waals surface area contributed by atoms with Gasteiger partial charge in [-0.05, 0) is 51.1 Å². The van der Waals surface area contributed by atoms with Crippen LogP contribution in [0.5, 0.6) is 0 Å². The summed E-state index contributed by atoms with van der Waals surface area (Å²) in [4.78, 5) is 6.88. The van der Waals surface area contributed by atoms with Crippen molar-refractivity contribution in [2.45, 2.75) is 63.7 Å². The molecular formula is C17H29N3S. The molecule has 0 amide bonds. The van der Waals surface area contributed by atoms with Crippen LogP contribution in [0.4, 0.5) is 0 Å². The number of piperidine rings is 1. The van der Waals surface area contributed by atoms with Gasteiger partial charge in [-0.1, -0.05) is 12.5 Å². The van der Waals surface area contributed by atoms with Gasteiger partial charge in [0.2, 0.25) is 0 Å². The van der Waals surface area contributed by atoms with Crippen LogP contribution >= 0.6 is 11.3 Å². The van der Waals surface area contributed by atoms with Crippen molar-refractivity contribution in [1.82, 2.24) is 9.80 Å². The molecule has 3 nitrogen and oxygen atoms in total. The second kappa shape index (κ2) is 6.37. The van der Waals surface area contributed by atoms with Gasteiger partial charge in [0.25, 0.3) is 0 Å². The zero-order valence-electron chi connectivity index (χ0n) is 13.4. The summed E-state index contributed by atoms with van der Waals surface area (Å²) in [5.41, 5.74) is 6.56. The molecule has 0 bridgehead atoms. The Balaban J connectivity index is 1.87. The predicted octanol–water partition coefficient (Wildman–Crippen LogP) is 2.91. The molecule has 118 valence electrons. The van der Waals surface area contributed by atoms with Crippen LogP contribution in [0.15, 0.2) is 17.5 Å². The van der Waals surface area contributed by atoms with E-state index >= 15 is 0 Å². The third kappa shape index (κ3) is 2.79. The largest absolute Gasteiger partial charge is 0.329 e. The molecule has 21 heavy (non-hydrogen) atoms. The highest BCUT2D eigenvalue weighted by Crippen LogP contribution is 2.40. The molecule has 1 aromatic rings. The summed E-state index contributed by atoms with van der Waals surface area (Å²) in [5.74, 6) is 0. The van der Waals surface area contributed by atoms with E-state index in [-0.39, 0.29) is 5.54 Å². The fourth-order valence-corrected chi connectivity index (χ4v) is 5.19. The monoisotopic (exact) mass is 307 g/mol. The molecule has 0 radical (unpaired) electrons. The molecule has 0 saturated carbocycles. The van der Waals surface area contributed by atoms with Crippen molar-refractivity contribution < 1.29 is 0 Å². The van der Waals surface area contributed by atoms with Crippen molar-refractivity contribution >= 4 is 11.3 Å². The lowest BCUT2D eigenvalue weighted by Crippen LogP contribution is -2.63. The molecule has 0 aliphatic carbocycles. The Labute approximate surface area is 133 Å². The van der Waals surface area contributed by atoms with Gasteiger partial charge >= 0.3 is 0 Å². The lowest BCUT2D eigenvalue weighted by Gasteiger charge is -2.49. The van der Waals surface area contributed by atoms with E-state index in [1.54, 1.807) is 0 Å². The van der Waals surface area contributed by atoms with Crippen LogP contribution in [0.25, 0.3) is 0 Å². The first-order valence-electron chi connectivity index (χ1n) is 8.40. The number of nitrogens with zero attached hydrogens (tertiary/aromatic N) is 2. The van der Waals surface area contributed by atoms with Crippen LogP contribution in [-0.4, -0.2) is 47.1 Å². The Morgan fingerprint density at radius 2 is 2.29 bits per heavy atom. The smallest absolute Gasteiger partial charge is 0.0505 e. The normalized spacial score (nSPS) is 30.2. The zero-order chi connectivity index (χ0) is 14.9. The van der Waals surface area contributed by atoms with Gasteiger partial charge in [-0.25, -0.2) is 0 Å². The number of nitrogens with two attached hydrogens (primary N) is 1. The summed E-state index contributed by atoms with van der Waals surface area (Å²) in [5, 5.41) is 2.19. The highest BCUT2D eigenvalue weighted by molar-refractivity contribution is 7.09. The first kappa shape index (κ1) is 15.5. The molecule has 2 unspecified atom stereocenters. The van der Waals surface area contributed by atoms with Crippen LogP contribution in [-0.2, 0) is 6.54 Å². The molecule has 2 saturated heterocycles. The van der Waals surface area contributed by atoms with Crippen molar-refractivity contribution in [2.24, 2.45) is 5.73 Å². The van der Waals surface area contributed by atoms with Crippen molar-refractivity contribution in [3.05, 3.63) is 22.4 Å². The Hall–Kier alpha value is -0.420. The third-order valence-corrected chi connectivity index (χ3v) is 6.38. The Kier molecular flexibility index (Phi) is 4.69. The van der Waals surface area contributed by atoms with Crippen LogP contribution in [0.3, 0.4) is 0 Å². The SMILES string of the molecule is CC(C)N(Cc1cccs1)C1(CN)CCN2CCCCC21. The summed E-state index contributed by atoms with van der Waals surface area (Å²) < 4.78 is 0. The quantitative estimate of drug-likeness (QED) is 0.908. The first-order chi connectivity index (χ1) is 10.2. The molecule has 3 heterocycles. The van der Waals surface area contributed by atoms with Crippen LogP contribution in [0.1, 0.15) is 44.4 Å². The average Bonchev–Trinajstić information content (AvgIpc) is 3.13. The Morgan fingerprint density at radius 3 is 2.95 bits per heavy atom. The maximum Gasteiger partial charge on any atom is 0.0505 e. The van der Waals surface area contributed by atoms with E-state index in [4.69, 9.17) is 5.73 Å². The molecule has 2 atom stereocenters. The van der Waals surface area contributed by atoms with Gasteiger partial charge in [-0.2, -0.15) is 0 Å². The van der Waals surface area contributed by atoms with E-state index in [9.17, 15) is 0 Å². The molecular weight excluding hydrogens is 278 g/mol. The summed E-state index contributed by atoms with van der Waals surface area (Å²) in [7, 11) is 0. The first-order valence-corrected chi connectivity index (χ1v) is 9.28. The topological polar surface area (TPSA) is 32.5 Å². The number of rotatable bonds is 5. The fraction of sp³-hybridized carbons (Fsp3) is 0.765. The molecule has 2 fully saturated rings. The van der Waals surface area contributed by atoms with Gasteiger partial charge in [0.15, 0.2) is 0 Å². The minimum absolute atomic E-state index is 0.179. The summed E-state index contributed by atoms with van der Waals surface area (Å²) in [6.07, 6.45) is 5.29. The Bertz CT molecular complexity index is 445. The number of thiophene rings is 1. The Morgan fingerprint density at radius 1 is 1.43 bits per heavy atom. The van der Waals surface area contributed by atoms with Gasteiger partial charge in [0.05, 0.1) is 5.54 Å². The molecule has 1 aromatic heterocycles. The average molecular weight is 308 g/mol. The minimum Gasteiger partial charge on any atom is -0.329 e. The van der Waals surface area contributed by atoms with E-state index in [0.29, 0.717) is 12.1 Å². The predicted molar refractivity (Wildman–Crippen MR) is 90.6 cm³/mol. The van der Waals surface area contributed by atoms with Crippen LogP contribution < -0.4 is 5.73 Å². The number of hydrogen-bond donors (Lipinski definition) is 1. The summed E-state index contributed by atoms with van der Waals surface area (Å²) in [6, 6.07) is 5.63. The van der Waals surface area contributed by atoms with Gasteiger partial charge < -0.3 is 5.73 Å². The minimum atomic E-state index is 0.179. The van der Waals surface area contributed by atoms with Gasteiger partial charge in [-0.15, -0.1) is 11.3 Å². The van der Waals surface area contributed by atoms with E-state index < -0.39 is 0 Å². The highest BCUT2D eigenvalue weighted by Gasteiger charge is 2.51. The maximum absolute atomic E-state index is 6.38. The second-order valence-electron chi connectivity index (χ2n) is 6.91. The highest BCUT2D eigenvalue weighted by atomic mass is 32.1. The van der Waals surface area contributed by atoms with E-state index in [2.05, 4.69) is 41.2 Å². The van der Waals surface area contributed by atoms with Crippen LogP contribution in [0, 0.1) is 0 Å². The van der Waals surface area contributed by atoms with Crippen LogP contribution in [0.2, 0.25) is 0 Å². The third-order valence-electron chi connectivity index (χ3n) is 5.52. The van der Waals surface area contributed by atoms with Gasteiger partial charge in [-0.3, -0.25) is 9.80 Å². The molecule has 0 aromatic carbocycles. The second-order valence-corrected chi connectivity index (χ2v) is 7.94. The van der Waals surface area contributed by atoms with E-state index in [1.165, 1.54) is 43.6 Å². The lowest BCUT2D eigenvalue weighted by molar-refractivity contribution is 0.0101. The van der Waals surface area contributed by atoms with Crippen molar-refractivity contribution in [3.8, 4) is 0 Å². The standard InChI is InChI=1S/C17H29N3S/c1-14(2)20(12-15-6-5-11-21-15)17(13-18)8-10-19-9-4-3-7-16(17)19/h5-6,11,14,16H,3-4,7-10,12-13,18H2,1-2H3.